The van der Waals surface area contributed by atoms with Crippen molar-refractivity contribution < 1.29 is 23.1 Å². The molecule has 1 amide bonds. The van der Waals surface area contributed by atoms with Gasteiger partial charge < -0.3 is 10.0 Å². The van der Waals surface area contributed by atoms with Gasteiger partial charge in [-0.25, -0.2) is 8.42 Å². The number of carboxylic acids is 1. The number of hydrogen-bond donors (Lipinski definition) is 1. The van der Waals surface area contributed by atoms with Crippen LogP contribution in [-0.4, -0.2) is 55.4 Å². The molecule has 0 spiro atoms. The van der Waals surface area contributed by atoms with E-state index in [0.29, 0.717) is 6.54 Å². The molecule has 1 saturated heterocycles. The van der Waals surface area contributed by atoms with Crippen molar-refractivity contribution in [1.82, 2.24) is 4.90 Å². The average molecular weight is 365 g/mol. The van der Waals surface area contributed by atoms with Crippen molar-refractivity contribution in [2.24, 2.45) is 11.3 Å². The predicted molar refractivity (Wildman–Crippen MR) is 92.9 cm³/mol. The Morgan fingerprint density at radius 1 is 1.20 bits per heavy atom. The lowest BCUT2D eigenvalue weighted by Crippen LogP contribution is -2.33. The van der Waals surface area contributed by atoms with Gasteiger partial charge in [-0.1, -0.05) is 30.3 Å². The van der Waals surface area contributed by atoms with Crippen molar-refractivity contribution in [3.05, 3.63) is 35.9 Å². The number of carbonyl (C=O) groups excluding carboxylic acids is 1. The Bertz CT molecular complexity index is 770. The molecular weight excluding hydrogens is 342 g/mol. The highest BCUT2D eigenvalue weighted by Gasteiger charge is 2.49. The van der Waals surface area contributed by atoms with E-state index in [0.717, 1.165) is 18.4 Å². The summed E-state index contributed by atoms with van der Waals surface area (Å²) in [5, 5.41) is 9.53. The summed E-state index contributed by atoms with van der Waals surface area (Å²) >= 11 is 0. The number of rotatable bonds is 6. The van der Waals surface area contributed by atoms with Gasteiger partial charge in [0, 0.05) is 31.7 Å². The van der Waals surface area contributed by atoms with Crippen molar-refractivity contribution in [3.63, 3.8) is 0 Å². The second kappa shape index (κ2) is 6.44. The van der Waals surface area contributed by atoms with Gasteiger partial charge in [0.15, 0.2) is 0 Å². The highest BCUT2D eigenvalue weighted by Crippen LogP contribution is 2.50. The monoisotopic (exact) mass is 365 g/mol. The lowest BCUT2D eigenvalue weighted by molar-refractivity contribution is -0.141. The van der Waals surface area contributed by atoms with Crippen LogP contribution in [0.1, 0.15) is 30.7 Å². The number of hydrogen-bond acceptors (Lipinski definition) is 4. The average Bonchev–Trinajstić information content (AvgIpc) is 3.11. The second-order valence-electron chi connectivity index (χ2n) is 7.51. The Kier molecular flexibility index (Phi) is 4.62. The number of benzene rings is 1. The van der Waals surface area contributed by atoms with E-state index < -0.39 is 27.1 Å². The molecule has 1 aliphatic heterocycles. The fourth-order valence-corrected chi connectivity index (χ4v) is 5.34. The fraction of sp³-hybridized carbons (Fsp3) is 0.556. The third kappa shape index (κ3) is 4.21. The topological polar surface area (TPSA) is 91.8 Å². The van der Waals surface area contributed by atoms with Crippen LogP contribution >= 0.6 is 0 Å². The van der Waals surface area contributed by atoms with E-state index in [4.69, 9.17) is 0 Å². The summed E-state index contributed by atoms with van der Waals surface area (Å²) in [6, 6.07) is 9.38. The van der Waals surface area contributed by atoms with Crippen LogP contribution in [0.4, 0.5) is 0 Å². The molecule has 1 saturated carbocycles. The smallest absolute Gasteiger partial charge is 0.308 e. The zero-order chi connectivity index (χ0) is 18.2. The zero-order valence-corrected chi connectivity index (χ0v) is 15.0. The van der Waals surface area contributed by atoms with Crippen LogP contribution in [0.15, 0.2) is 30.3 Å². The summed E-state index contributed by atoms with van der Waals surface area (Å²) in [6.07, 6.45) is 2.86. The predicted octanol–water partition coefficient (Wildman–Crippen LogP) is 1.53. The summed E-state index contributed by atoms with van der Waals surface area (Å²) in [6.45, 7) is 0.553. The second-order valence-corrected chi connectivity index (χ2v) is 9.65. The van der Waals surface area contributed by atoms with Crippen LogP contribution < -0.4 is 0 Å². The van der Waals surface area contributed by atoms with Crippen LogP contribution in [-0.2, 0) is 19.4 Å². The zero-order valence-electron chi connectivity index (χ0n) is 14.2. The molecule has 1 aromatic carbocycles. The fourth-order valence-electron chi connectivity index (χ4n) is 3.83. The van der Waals surface area contributed by atoms with Gasteiger partial charge in [-0.3, -0.25) is 9.59 Å². The van der Waals surface area contributed by atoms with Crippen molar-refractivity contribution >= 4 is 21.7 Å². The molecule has 6 nitrogen and oxygen atoms in total. The van der Waals surface area contributed by atoms with Gasteiger partial charge >= 0.3 is 5.97 Å². The van der Waals surface area contributed by atoms with E-state index in [2.05, 4.69) is 0 Å². The van der Waals surface area contributed by atoms with E-state index in [1.54, 1.807) is 4.90 Å². The van der Waals surface area contributed by atoms with Gasteiger partial charge in [0.1, 0.15) is 9.84 Å². The van der Waals surface area contributed by atoms with Crippen molar-refractivity contribution in [2.45, 2.75) is 25.2 Å². The molecule has 25 heavy (non-hydrogen) atoms. The van der Waals surface area contributed by atoms with Crippen molar-refractivity contribution in [1.29, 1.82) is 0 Å². The summed E-state index contributed by atoms with van der Waals surface area (Å²) in [5.41, 5.74) is 0.483. The van der Waals surface area contributed by atoms with E-state index >= 15 is 0 Å². The Labute approximate surface area is 147 Å². The van der Waals surface area contributed by atoms with Gasteiger partial charge in [0.2, 0.25) is 5.91 Å². The Balaban J connectivity index is 1.71. The highest BCUT2D eigenvalue weighted by molar-refractivity contribution is 7.90. The largest absolute Gasteiger partial charge is 0.481 e. The molecule has 7 heteroatoms. The molecule has 0 bridgehead atoms. The molecule has 3 rings (SSSR count). The van der Waals surface area contributed by atoms with Crippen LogP contribution in [0.3, 0.4) is 0 Å². The standard InChI is InChI=1S/C18H23NO5S/c1-25(23,24)12-18(7-8-18)9-16(20)19-10-14(15(11-19)17(21)22)13-5-3-2-4-6-13/h2-6,14-15H,7-12H2,1H3,(H,21,22)/t14-,15-/m0/s1. The maximum absolute atomic E-state index is 12.7. The maximum atomic E-state index is 12.7. The molecule has 0 unspecified atom stereocenters. The minimum atomic E-state index is -3.13. The third-order valence-corrected chi connectivity index (χ3v) is 6.41. The number of carbonyl (C=O) groups is 2. The minimum absolute atomic E-state index is 0.0318. The Morgan fingerprint density at radius 2 is 1.84 bits per heavy atom. The number of carboxylic acid groups (broad SMARTS) is 1. The lowest BCUT2D eigenvalue weighted by atomic mass is 9.89. The van der Waals surface area contributed by atoms with Crippen molar-refractivity contribution in [3.8, 4) is 0 Å². The summed E-state index contributed by atoms with van der Waals surface area (Å²) < 4.78 is 23.1. The molecule has 1 aliphatic carbocycles. The van der Waals surface area contributed by atoms with Crippen LogP contribution in [0.2, 0.25) is 0 Å². The first kappa shape index (κ1) is 17.9. The first-order valence-corrected chi connectivity index (χ1v) is 10.5. The van der Waals surface area contributed by atoms with Crippen LogP contribution in [0.5, 0.6) is 0 Å². The van der Waals surface area contributed by atoms with Crippen molar-refractivity contribution in [2.75, 3.05) is 25.1 Å². The third-order valence-electron chi connectivity index (χ3n) is 5.27. The van der Waals surface area contributed by atoms with Crippen LogP contribution in [0, 0.1) is 11.3 Å². The van der Waals surface area contributed by atoms with E-state index in [-0.39, 0.29) is 30.5 Å². The molecule has 1 N–H and O–H groups in total. The Hall–Kier alpha value is -1.89. The first-order valence-electron chi connectivity index (χ1n) is 8.42. The molecule has 2 fully saturated rings. The number of aliphatic carboxylic acids is 1. The number of amides is 1. The van der Waals surface area contributed by atoms with Gasteiger partial charge in [0.25, 0.3) is 0 Å². The summed E-state index contributed by atoms with van der Waals surface area (Å²) in [5.74, 6) is -1.86. The summed E-state index contributed by atoms with van der Waals surface area (Å²) in [4.78, 5) is 25.9. The quantitative estimate of drug-likeness (QED) is 0.825. The van der Waals surface area contributed by atoms with Gasteiger partial charge in [-0.05, 0) is 23.8 Å². The normalized spacial score (nSPS) is 24.9. The van der Waals surface area contributed by atoms with E-state index in [1.165, 1.54) is 6.26 Å². The lowest BCUT2D eigenvalue weighted by Gasteiger charge is -2.20. The van der Waals surface area contributed by atoms with E-state index in [9.17, 15) is 23.1 Å². The van der Waals surface area contributed by atoms with Gasteiger partial charge in [0.05, 0.1) is 11.7 Å². The number of sulfone groups is 1. The van der Waals surface area contributed by atoms with Gasteiger partial charge in [-0.15, -0.1) is 0 Å². The Morgan fingerprint density at radius 3 is 2.36 bits per heavy atom. The summed E-state index contributed by atoms with van der Waals surface area (Å²) in [7, 11) is -3.13. The van der Waals surface area contributed by atoms with Gasteiger partial charge in [-0.2, -0.15) is 0 Å². The first-order chi connectivity index (χ1) is 11.7. The molecular formula is C18H23NO5S. The number of likely N-dealkylation sites (tertiary alicyclic amines) is 1. The SMILES string of the molecule is CS(=O)(=O)CC1(CC(=O)N2C[C@H](C(=O)O)[C@H](c3ccccc3)C2)CC1. The molecule has 1 aromatic rings. The molecule has 1 heterocycles. The molecule has 2 atom stereocenters. The molecule has 0 radical (unpaired) electrons. The molecule has 0 aromatic heterocycles. The van der Waals surface area contributed by atoms with E-state index in [1.807, 2.05) is 30.3 Å². The van der Waals surface area contributed by atoms with Crippen LogP contribution in [0.25, 0.3) is 0 Å². The maximum Gasteiger partial charge on any atom is 0.308 e. The molecule has 2 aliphatic rings. The highest BCUT2D eigenvalue weighted by atomic mass is 32.2. The molecule has 136 valence electrons. The number of nitrogens with zero attached hydrogens (tertiary/aromatic N) is 1. The minimum Gasteiger partial charge on any atom is -0.481 e.